The average molecular weight is 283 g/mol. The van der Waals surface area contributed by atoms with Gasteiger partial charge in [0, 0.05) is 16.8 Å². The molecule has 1 aromatic heterocycles. The molecule has 2 nitrogen and oxygen atoms in total. The van der Waals surface area contributed by atoms with E-state index in [4.69, 9.17) is 11.6 Å². The molecule has 0 spiro atoms. The van der Waals surface area contributed by atoms with Gasteiger partial charge in [0.05, 0.1) is 0 Å². The van der Waals surface area contributed by atoms with Crippen LogP contribution in [-0.2, 0) is 0 Å². The van der Waals surface area contributed by atoms with Crippen molar-refractivity contribution < 1.29 is 8.78 Å². The van der Waals surface area contributed by atoms with Gasteiger partial charge in [0.15, 0.2) is 5.82 Å². The van der Waals surface area contributed by atoms with Crippen LogP contribution < -0.4 is 0 Å². The van der Waals surface area contributed by atoms with E-state index in [0.29, 0.717) is 16.5 Å². The van der Waals surface area contributed by atoms with Gasteiger partial charge in [-0.1, -0.05) is 49.7 Å². The molecule has 19 heavy (non-hydrogen) atoms. The SMILES string of the molecule is CC(C)c1cc(Cl)nc(-c2ccc(C(F)F)cc2)n1. The molecule has 0 bridgehead atoms. The van der Waals surface area contributed by atoms with E-state index < -0.39 is 6.43 Å². The molecule has 0 atom stereocenters. The normalized spacial score (nSPS) is 11.3. The van der Waals surface area contributed by atoms with Crippen molar-refractivity contribution >= 4 is 11.6 Å². The molecule has 0 N–H and O–H groups in total. The zero-order valence-electron chi connectivity index (χ0n) is 10.6. The lowest BCUT2D eigenvalue weighted by atomic mass is 10.1. The van der Waals surface area contributed by atoms with Crippen LogP contribution in [0.1, 0.15) is 37.4 Å². The molecule has 1 heterocycles. The van der Waals surface area contributed by atoms with Crippen LogP contribution in [0.15, 0.2) is 30.3 Å². The highest BCUT2D eigenvalue weighted by molar-refractivity contribution is 6.29. The Labute approximate surface area is 115 Å². The van der Waals surface area contributed by atoms with E-state index in [1.54, 1.807) is 18.2 Å². The van der Waals surface area contributed by atoms with Crippen LogP contribution in [0.2, 0.25) is 5.15 Å². The van der Waals surface area contributed by atoms with Crippen LogP contribution in [0.4, 0.5) is 8.78 Å². The predicted molar refractivity (Wildman–Crippen MR) is 71.5 cm³/mol. The molecule has 100 valence electrons. The second-order valence-electron chi connectivity index (χ2n) is 4.52. The monoisotopic (exact) mass is 282 g/mol. The number of alkyl halides is 2. The minimum atomic E-state index is -2.47. The molecule has 0 aliphatic rings. The average Bonchev–Trinajstić information content (AvgIpc) is 2.38. The largest absolute Gasteiger partial charge is 0.263 e. The molecule has 0 aliphatic carbocycles. The van der Waals surface area contributed by atoms with Gasteiger partial charge >= 0.3 is 0 Å². The van der Waals surface area contributed by atoms with Crippen molar-refractivity contribution in [1.82, 2.24) is 9.97 Å². The predicted octanol–water partition coefficient (Wildman–Crippen LogP) is 4.86. The first-order valence-corrected chi connectivity index (χ1v) is 6.28. The maximum absolute atomic E-state index is 12.5. The zero-order valence-corrected chi connectivity index (χ0v) is 11.3. The summed E-state index contributed by atoms with van der Waals surface area (Å²) >= 11 is 5.95. The first-order chi connectivity index (χ1) is 8.97. The van der Waals surface area contributed by atoms with Gasteiger partial charge in [0.25, 0.3) is 6.43 Å². The maximum Gasteiger partial charge on any atom is 0.263 e. The summed E-state index contributed by atoms with van der Waals surface area (Å²) in [5.74, 6) is 0.677. The van der Waals surface area contributed by atoms with Gasteiger partial charge in [-0.05, 0) is 12.0 Å². The van der Waals surface area contributed by atoms with E-state index in [0.717, 1.165) is 5.69 Å². The number of halogens is 3. The Morgan fingerprint density at radius 1 is 1.05 bits per heavy atom. The van der Waals surface area contributed by atoms with E-state index in [2.05, 4.69) is 9.97 Å². The van der Waals surface area contributed by atoms with Crippen molar-refractivity contribution in [1.29, 1.82) is 0 Å². The van der Waals surface area contributed by atoms with Gasteiger partial charge in [0.1, 0.15) is 5.15 Å². The Morgan fingerprint density at radius 3 is 2.21 bits per heavy atom. The zero-order chi connectivity index (χ0) is 14.0. The summed E-state index contributed by atoms with van der Waals surface area (Å²) in [5, 5.41) is 0.353. The highest BCUT2D eigenvalue weighted by atomic mass is 35.5. The Hall–Kier alpha value is -1.55. The van der Waals surface area contributed by atoms with Crippen LogP contribution in [-0.4, -0.2) is 9.97 Å². The van der Waals surface area contributed by atoms with Gasteiger partial charge in [0.2, 0.25) is 0 Å². The number of nitrogens with zero attached hydrogens (tertiary/aromatic N) is 2. The van der Waals surface area contributed by atoms with Crippen molar-refractivity contribution in [3.8, 4) is 11.4 Å². The summed E-state index contributed by atoms with van der Waals surface area (Å²) < 4.78 is 25.0. The van der Waals surface area contributed by atoms with E-state index in [1.807, 2.05) is 13.8 Å². The smallest absolute Gasteiger partial charge is 0.233 e. The molecule has 0 aliphatic heterocycles. The number of hydrogen-bond donors (Lipinski definition) is 0. The minimum Gasteiger partial charge on any atom is -0.233 e. The lowest BCUT2D eigenvalue weighted by molar-refractivity contribution is 0.151. The molecule has 0 saturated heterocycles. The van der Waals surface area contributed by atoms with Crippen LogP contribution in [0, 0.1) is 0 Å². The summed E-state index contributed by atoms with van der Waals surface area (Å²) in [7, 11) is 0. The van der Waals surface area contributed by atoms with Gasteiger partial charge in [-0.3, -0.25) is 0 Å². The highest BCUT2D eigenvalue weighted by Crippen LogP contribution is 2.24. The maximum atomic E-state index is 12.5. The Balaban J connectivity index is 2.41. The summed E-state index contributed by atoms with van der Waals surface area (Å²) in [6.07, 6.45) is -2.47. The van der Waals surface area contributed by atoms with Crippen LogP contribution >= 0.6 is 11.6 Å². The second-order valence-corrected chi connectivity index (χ2v) is 4.90. The van der Waals surface area contributed by atoms with E-state index in [-0.39, 0.29) is 11.5 Å². The number of benzene rings is 1. The highest BCUT2D eigenvalue weighted by Gasteiger charge is 2.10. The van der Waals surface area contributed by atoms with Crippen molar-refractivity contribution in [2.24, 2.45) is 0 Å². The van der Waals surface area contributed by atoms with Crippen molar-refractivity contribution in [2.45, 2.75) is 26.2 Å². The molecular formula is C14H13ClF2N2. The lowest BCUT2D eigenvalue weighted by Crippen LogP contribution is -1.98. The molecular weight excluding hydrogens is 270 g/mol. The minimum absolute atomic E-state index is 0.0186. The summed E-state index contributed by atoms with van der Waals surface area (Å²) in [5.41, 5.74) is 1.48. The summed E-state index contributed by atoms with van der Waals surface area (Å²) in [4.78, 5) is 8.52. The number of rotatable bonds is 3. The molecule has 0 unspecified atom stereocenters. The summed E-state index contributed by atoms with van der Waals surface area (Å²) in [6, 6.07) is 7.62. The molecule has 0 saturated carbocycles. The van der Waals surface area contributed by atoms with Crippen molar-refractivity contribution in [3.05, 3.63) is 46.7 Å². The molecule has 0 amide bonds. The van der Waals surface area contributed by atoms with E-state index >= 15 is 0 Å². The van der Waals surface area contributed by atoms with Crippen LogP contribution in [0.3, 0.4) is 0 Å². The fraction of sp³-hybridized carbons (Fsp3) is 0.286. The molecule has 2 rings (SSSR count). The fourth-order valence-electron chi connectivity index (χ4n) is 1.64. The Kier molecular flexibility index (Phi) is 4.10. The molecule has 0 radical (unpaired) electrons. The Morgan fingerprint density at radius 2 is 1.68 bits per heavy atom. The third-order valence-corrected chi connectivity index (χ3v) is 2.92. The van der Waals surface area contributed by atoms with Crippen molar-refractivity contribution in [3.63, 3.8) is 0 Å². The first kappa shape index (κ1) is 13.9. The van der Waals surface area contributed by atoms with Crippen molar-refractivity contribution in [2.75, 3.05) is 0 Å². The Bertz CT molecular complexity index is 568. The van der Waals surface area contributed by atoms with Crippen LogP contribution in [0.5, 0.6) is 0 Å². The van der Waals surface area contributed by atoms with Gasteiger partial charge in [-0.25, -0.2) is 18.7 Å². The van der Waals surface area contributed by atoms with E-state index in [1.165, 1.54) is 12.1 Å². The van der Waals surface area contributed by atoms with Gasteiger partial charge < -0.3 is 0 Å². The second kappa shape index (κ2) is 5.61. The fourth-order valence-corrected chi connectivity index (χ4v) is 1.83. The topological polar surface area (TPSA) is 25.8 Å². The standard InChI is InChI=1S/C14H13ClF2N2/c1-8(2)11-7-12(15)19-14(18-11)10-5-3-9(4-6-10)13(16)17/h3-8,13H,1-2H3. The molecule has 0 fully saturated rings. The number of aromatic nitrogens is 2. The quantitative estimate of drug-likeness (QED) is 0.752. The molecule has 5 heteroatoms. The lowest BCUT2D eigenvalue weighted by Gasteiger charge is -2.08. The third kappa shape index (κ3) is 3.26. The summed E-state index contributed by atoms with van der Waals surface area (Å²) in [6.45, 7) is 4.00. The van der Waals surface area contributed by atoms with Crippen LogP contribution in [0.25, 0.3) is 11.4 Å². The van der Waals surface area contributed by atoms with Gasteiger partial charge in [-0.15, -0.1) is 0 Å². The van der Waals surface area contributed by atoms with E-state index in [9.17, 15) is 8.78 Å². The first-order valence-electron chi connectivity index (χ1n) is 5.90. The molecule has 2 aromatic rings. The van der Waals surface area contributed by atoms with Gasteiger partial charge in [-0.2, -0.15) is 0 Å². The third-order valence-electron chi connectivity index (χ3n) is 2.73. The number of hydrogen-bond acceptors (Lipinski definition) is 2. The molecule has 1 aromatic carbocycles.